The Kier molecular flexibility index (Phi) is 2.70. The van der Waals surface area contributed by atoms with Gasteiger partial charge in [-0.05, 0) is 12.1 Å². The molecule has 1 aromatic rings. The predicted molar refractivity (Wildman–Crippen MR) is 69.0 cm³/mol. The summed E-state index contributed by atoms with van der Waals surface area (Å²) in [4.78, 5) is 22.4. The van der Waals surface area contributed by atoms with E-state index in [0.717, 1.165) is 11.3 Å². The summed E-state index contributed by atoms with van der Waals surface area (Å²) in [6, 6.07) is 5.48. The number of hydrogen-bond acceptors (Lipinski definition) is 4. The van der Waals surface area contributed by atoms with Gasteiger partial charge in [0.2, 0.25) is 5.91 Å². The molecule has 0 unspecified atom stereocenters. The van der Waals surface area contributed by atoms with Gasteiger partial charge in [0.15, 0.2) is 6.61 Å². The molecule has 2 amide bonds. The van der Waals surface area contributed by atoms with Crippen molar-refractivity contribution in [3.63, 3.8) is 0 Å². The number of hydrazone groups is 1. The van der Waals surface area contributed by atoms with Gasteiger partial charge in [-0.1, -0.05) is 13.0 Å². The van der Waals surface area contributed by atoms with Crippen LogP contribution in [-0.4, -0.2) is 24.1 Å². The quantitative estimate of drug-likeness (QED) is 0.785. The largest absolute Gasteiger partial charge is 0.482 e. The summed E-state index contributed by atoms with van der Waals surface area (Å²) in [5.41, 5.74) is 4.86. The number of carbonyl (C=O) groups is 2. The Morgan fingerprint density at radius 3 is 2.95 bits per heavy atom. The van der Waals surface area contributed by atoms with E-state index in [1.54, 1.807) is 6.07 Å². The van der Waals surface area contributed by atoms with Gasteiger partial charge in [0.1, 0.15) is 5.75 Å². The third-order valence-corrected chi connectivity index (χ3v) is 3.17. The molecule has 2 N–H and O–H groups in total. The molecule has 3 rings (SSSR count). The van der Waals surface area contributed by atoms with E-state index in [1.807, 2.05) is 19.1 Å². The molecule has 0 spiro atoms. The Hall–Kier alpha value is -2.37. The van der Waals surface area contributed by atoms with Crippen LogP contribution in [0.1, 0.15) is 18.9 Å². The van der Waals surface area contributed by atoms with Crippen LogP contribution in [0.5, 0.6) is 5.75 Å². The zero-order chi connectivity index (χ0) is 13.4. The topological polar surface area (TPSA) is 79.8 Å². The highest BCUT2D eigenvalue weighted by atomic mass is 16.5. The fourth-order valence-corrected chi connectivity index (χ4v) is 2.24. The summed E-state index contributed by atoms with van der Waals surface area (Å²) in [7, 11) is 0. The van der Waals surface area contributed by atoms with Crippen LogP contribution in [0.4, 0.5) is 5.69 Å². The van der Waals surface area contributed by atoms with E-state index in [4.69, 9.17) is 4.74 Å². The molecule has 0 saturated carbocycles. The highest BCUT2D eigenvalue weighted by Crippen LogP contribution is 2.30. The molecule has 6 heteroatoms. The van der Waals surface area contributed by atoms with Crippen LogP contribution < -0.4 is 15.5 Å². The smallest absolute Gasteiger partial charge is 0.262 e. The van der Waals surface area contributed by atoms with Gasteiger partial charge in [-0.25, -0.2) is 5.43 Å². The number of carbonyl (C=O) groups excluding carboxylic acids is 2. The Balaban J connectivity index is 1.94. The zero-order valence-electron chi connectivity index (χ0n) is 10.4. The number of ether oxygens (including phenoxy) is 1. The van der Waals surface area contributed by atoms with Crippen LogP contribution in [0.3, 0.4) is 0 Å². The molecule has 6 nitrogen and oxygen atoms in total. The van der Waals surface area contributed by atoms with Crippen LogP contribution in [0.25, 0.3) is 0 Å². The lowest BCUT2D eigenvalue weighted by molar-refractivity contribution is -0.122. The minimum Gasteiger partial charge on any atom is -0.482 e. The molecule has 1 atom stereocenters. The van der Waals surface area contributed by atoms with Crippen molar-refractivity contribution >= 4 is 23.2 Å². The summed E-state index contributed by atoms with van der Waals surface area (Å²) in [5, 5.41) is 6.83. The van der Waals surface area contributed by atoms with E-state index < -0.39 is 0 Å². The second-order valence-electron chi connectivity index (χ2n) is 4.68. The summed E-state index contributed by atoms with van der Waals surface area (Å²) >= 11 is 0. The molecule has 0 aliphatic carbocycles. The normalized spacial score (nSPS) is 21.7. The van der Waals surface area contributed by atoms with Gasteiger partial charge in [-0.2, -0.15) is 5.10 Å². The lowest BCUT2D eigenvalue weighted by atomic mass is 9.94. The van der Waals surface area contributed by atoms with Gasteiger partial charge in [0.05, 0.1) is 11.4 Å². The first-order valence-corrected chi connectivity index (χ1v) is 6.07. The van der Waals surface area contributed by atoms with Crippen molar-refractivity contribution in [2.75, 3.05) is 11.9 Å². The van der Waals surface area contributed by atoms with Crippen LogP contribution in [-0.2, 0) is 9.59 Å². The first-order valence-electron chi connectivity index (χ1n) is 6.07. The van der Waals surface area contributed by atoms with Gasteiger partial charge in [0, 0.05) is 17.9 Å². The zero-order valence-corrected chi connectivity index (χ0v) is 10.4. The van der Waals surface area contributed by atoms with Crippen molar-refractivity contribution in [3.8, 4) is 5.75 Å². The number of hydrogen-bond donors (Lipinski definition) is 2. The van der Waals surface area contributed by atoms with E-state index in [2.05, 4.69) is 15.8 Å². The maximum absolute atomic E-state index is 11.2. The van der Waals surface area contributed by atoms with Gasteiger partial charge in [-0.3, -0.25) is 9.59 Å². The summed E-state index contributed by atoms with van der Waals surface area (Å²) < 4.78 is 5.37. The molecule has 19 heavy (non-hydrogen) atoms. The molecule has 2 heterocycles. The SMILES string of the molecule is C[C@@H]1CC(=O)NN=C1c1ccc2c(c1)OCC(=O)N2. The summed E-state index contributed by atoms with van der Waals surface area (Å²) in [6.45, 7) is 1.98. The van der Waals surface area contributed by atoms with Crippen molar-refractivity contribution in [2.24, 2.45) is 11.0 Å². The minimum absolute atomic E-state index is 0.0230. The number of benzene rings is 1. The van der Waals surface area contributed by atoms with Crippen molar-refractivity contribution in [3.05, 3.63) is 23.8 Å². The van der Waals surface area contributed by atoms with Gasteiger partial charge in [0.25, 0.3) is 5.91 Å². The highest BCUT2D eigenvalue weighted by molar-refractivity contribution is 6.06. The van der Waals surface area contributed by atoms with Crippen LogP contribution in [0.15, 0.2) is 23.3 Å². The van der Waals surface area contributed by atoms with Gasteiger partial charge < -0.3 is 10.1 Å². The van der Waals surface area contributed by atoms with Crippen LogP contribution in [0, 0.1) is 5.92 Å². The number of nitrogens with zero attached hydrogens (tertiary/aromatic N) is 1. The molecule has 98 valence electrons. The molecule has 0 bridgehead atoms. The average Bonchev–Trinajstić information content (AvgIpc) is 2.38. The van der Waals surface area contributed by atoms with Gasteiger partial charge in [-0.15, -0.1) is 0 Å². The molecule has 2 aliphatic rings. The standard InChI is InChI=1S/C13H13N3O3/c1-7-4-11(17)15-16-13(7)8-2-3-9-10(5-8)19-6-12(18)14-9/h2-3,5,7H,4,6H2,1H3,(H,14,18)(H,15,17)/t7-/m1/s1. The Bertz CT molecular complexity index is 595. The Morgan fingerprint density at radius 2 is 2.16 bits per heavy atom. The van der Waals surface area contributed by atoms with E-state index in [0.29, 0.717) is 17.9 Å². The molecule has 0 radical (unpaired) electrons. The van der Waals surface area contributed by atoms with Crippen molar-refractivity contribution in [2.45, 2.75) is 13.3 Å². The lowest BCUT2D eigenvalue weighted by Crippen LogP contribution is -2.32. The minimum atomic E-state index is -0.157. The molecule has 0 aromatic heterocycles. The average molecular weight is 259 g/mol. The predicted octanol–water partition coefficient (Wildman–Crippen LogP) is 0.878. The number of nitrogens with one attached hydrogen (secondary N) is 2. The van der Waals surface area contributed by atoms with E-state index in [1.165, 1.54) is 0 Å². The second-order valence-corrected chi connectivity index (χ2v) is 4.68. The maximum Gasteiger partial charge on any atom is 0.262 e. The number of fused-ring (bicyclic) bond motifs is 1. The fraction of sp³-hybridized carbons (Fsp3) is 0.308. The number of anilines is 1. The van der Waals surface area contributed by atoms with Gasteiger partial charge >= 0.3 is 0 Å². The van der Waals surface area contributed by atoms with Crippen LogP contribution >= 0.6 is 0 Å². The van der Waals surface area contributed by atoms with E-state index in [-0.39, 0.29) is 24.3 Å². The first kappa shape index (κ1) is 11.7. The monoisotopic (exact) mass is 259 g/mol. The first-order chi connectivity index (χ1) is 9.13. The molecule has 2 aliphatic heterocycles. The fourth-order valence-electron chi connectivity index (χ4n) is 2.24. The Labute approximate surface area is 109 Å². The van der Waals surface area contributed by atoms with Crippen LogP contribution in [0.2, 0.25) is 0 Å². The summed E-state index contributed by atoms with van der Waals surface area (Å²) in [5.74, 6) is 0.461. The maximum atomic E-state index is 11.2. The van der Waals surface area contributed by atoms with E-state index in [9.17, 15) is 9.59 Å². The molecule has 0 fully saturated rings. The molecule has 0 saturated heterocycles. The second kappa shape index (κ2) is 4.38. The molecular weight excluding hydrogens is 246 g/mol. The third-order valence-electron chi connectivity index (χ3n) is 3.17. The Morgan fingerprint density at radius 1 is 1.32 bits per heavy atom. The molecular formula is C13H13N3O3. The van der Waals surface area contributed by atoms with Crippen molar-refractivity contribution in [1.29, 1.82) is 0 Å². The number of rotatable bonds is 1. The highest BCUT2D eigenvalue weighted by Gasteiger charge is 2.23. The van der Waals surface area contributed by atoms with Crippen molar-refractivity contribution < 1.29 is 14.3 Å². The van der Waals surface area contributed by atoms with Crippen molar-refractivity contribution in [1.82, 2.24) is 5.43 Å². The third kappa shape index (κ3) is 2.16. The number of amides is 2. The summed E-state index contributed by atoms with van der Waals surface area (Å²) in [6.07, 6.45) is 0.424. The lowest BCUT2D eigenvalue weighted by Gasteiger charge is -2.22. The molecule has 1 aromatic carbocycles. The van der Waals surface area contributed by atoms with E-state index >= 15 is 0 Å².